The molecule has 0 atom stereocenters. The van der Waals surface area contributed by atoms with Gasteiger partial charge in [0.25, 0.3) is 5.56 Å². The monoisotopic (exact) mass is 286 g/mol. The van der Waals surface area contributed by atoms with Crippen LogP contribution in [0, 0.1) is 6.92 Å². The molecule has 1 fully saturated rings. The van der Waals surface area contributed by atoms with Crippen molar-refractivity contribution in [2.75, 3.05) is 20.1 Å². The number of pyridine rings is 1. The molecule has 2 aromatic heterocycles. The number of nitrogens with one attached hydrogen (secondary N) is 1. The van der Waals surface area contributed by atoms with Gasteiger partial charge in [0.1, 0.15) is 5.65 Å². The van der Waals surface area contributed by atoms with Crippen LogP contribution in [-0.4, -0.2) is 40.5 Å². The molecule has 5 nitrogen and oxygen atoms in total. The van der Waals surface area contributed by atoms with Gasteiger partial charge >= 0.3 is 0 Å². The van der Waals surface area contributed by atoms with Crippen LogP contribution in [0.1, 0.15) is 24.1 Å². The number of fused-ring (bicyclic) bond motifs is 1. The lowest BCUT2D eigenvalue weighted by molar-refractivity contribution is 0.190. The molecule has 1 aliphatic heterocycles. The van der Waals surface area contributed by atoms with Gasteiger partial charge in [0.2, 0.25) is 0 Å². The Balaban J connectivity index is 1.85. The van der Waals surface area contributed by atoms with Crippen LogP contribution in [0.5, 0.6) is 0 Å². The molecule has 1 saturated heterocycles. The second-order valence-corrected chi connectivity index (χ2v) is 5.91. The highest BCUT2D eigenvalue weighted by Crippen LogP contribution is 2.12. The summed E-state index contributed by atoms with van der Waals surface area (Å²) in [5, 5.41) is 3.38. The molecular formula is C16H22N4O. The van der Waals surface area contributed by atoms with E-state index in [0.29, 0.717) is 6.04 Å². The summed E-state index contributed by atoms with van der Waals surface area (Å²) in [6, 6.07) is 6.11. The van der Waals surface area contributed by atoms with Gasteiger partial charge in [0.15, 0.2) is 0 Å². The van der Waals surface area contributed by atoms with Gasteiger partial charge in [0.05, 0.1) is 5.69 Å². The van der Waals surface area contributed by atoms with E-state index in [2.05, 4.69) is 22.2 Å². The minimum absolute atomic E-state index is 0.00582. The lowest BCUT2D eigenvalue weighted by Crippen LogP contribution is -2.41. The van der Waals surface area contributed by atoms with E-state index in [1.54, 1.807) is 16.7 Å². The van der Waals surface area contributed by atoms with Gasteiger partial charge in [-0.1, -0.05) is 0 Å². The van der Waals surface area contributed by atoms with Crippen LogP contribution < -0.4 is 10.9 Å². The number of aromatic nitrogens is 2. The van der Waals surface area contributed by atoms with Crippen molar-refractivity contribution in [3.63, 3.8) is 0 Å². The maximum atomic E-state index is 12.2. The molecule has 3 rings (SSSR count). The molecule has 0 spiro atoms. The highest BCUT2D eigenvalue weighted by molar-refractivity contribution is 5.41. The Hall–Kier alpha value is -1.72. The Labute approximate surface area is 124 Å². The fraction of sp³-hybridized carbons (Fsp3) is 0.500. The van der Waals surface area contributed by atoms with Crippen LogP contribution in [0.3, 0.4) is 0 Å². The minimum Gasteiger partial charge on any atom is -0.317 e. The fourth-order valence-electron chi connectivity index (χ4n) is 2.97. The van der Waals surface area contributed by atoms with E-state index in [0.717, 1.165) is 49.4 Å². The molecule has 0 aromatic carbocycles. The molecule has 0 radical (unpaired) electrons. The first-order chi connectivity index (χ1) is 10.1. The summed E-state index contributed by atoms with van der Waals surface area (Å²) in [6.07, 6.45) is 4.10. The summed E-state index contributed by atoms with van der Waals surface area (Å²) in [4.78, 5) is 19.1. The molecule has 2 aromatic rings. The Kier molecular flexibility index (Phi) is 4.03. The number of rotatable bonds is 3. The fourth-order valence-corrected chi connectivity index (χ4v) is 2.97. The van der Waals surface area contributed by atoms with E-state index in [1.165, 1.54) is 0 Å². The van der Waals surface area contributed by atoms with Crippen molar-refractivity contribution in [1.29, 1.82) is 0 Å². The lowest BCUT2D eigenvalue weighted by atomic mass is 10.1. The van der Waals surface area contributed by atoms with Gasteiger partial charge in [-0.2, -0.15) is 0 Å². The van der Waals surface area contributed by atoms with Crippen LogP contribution in [0.15, 0.2) is 29.2 Å². The summed E-state index contributed by atoms with van der Waals surface area (Å²) in [6.45, 7) is 4.88. The first-order valence-electron chi connectivity index (χ1n) is 7.53. The van der Waals surface area contributed by atoms with Gasteiger partial charge in [-0.05, 0) is 57.6 Å². The van der Waals surface area contributed by atoms with Crippen molar-refractivity contribution in [3.8, 4) is 0 Å². The van der Waals surface area contributed by atoms with Crippen LogP contribution >= 0.6 is 0 Å². The van der Waals surface area contributed by atoms with Crippen LogP contribution in [-0.2, 0) is 6.54 Å². The third-order valence-electron chi connectivity index (χ3n) is 4.22. The number of piperidine rings is 1. The quantitative estimate of drug-likeness (QED) is 0.921. The Morgan fingerprint density at radius 2 is 2.14 bits per heavy atom. The predicted molar refractivity (Wildman–Crippen MR) is 83.6 cm³/mol. The van der Waals surface area contributed by atoms with Crippen molar-refractivity contribution in [1.82, 2.24) is 19.6 Å². The summed E-state index contributed by atoms with van der Waals surface area (Å²) in [7, 11) is 2.12. The normalized spacial score (nSPS) is 16.7. The second-order valence-electron chi connectivity index (χ2n) is 5.91. The summed E-state index contributed by atoms with van der Waals surface area (Å²) in [5.74, 6) is 0. The summed E-state index contributed by atoms with van der Waals surface area (Å²) in [5.41, 5.74) is 2.70. The second kappa shape index (κ2) is 5.95. The molecule has 112 valence electrons. The van der Waals surface area contributed by atoms with Crippen molar-refractivity contribution in [2.24, 2.45) is 0 Å². The van der Waals surface area contributed by atoms with Gasteiger partial charge in [-0.25, -0.2) is 4.98 Å². The zero-order valence-corrected chi connectivity index (χ0v) is 12.7. The van der Waals surface area contributed by atoms with E-state index in [9.17, 15) is 4.79 Å². The Morgan fingerprint density at radius 3 is 2.90 bits per heavy atom. The zero-order valence-electron chi connectivity index (χ0n) is 12.7. The first kappa shape index (κ1) is 14.2. The Bertz CT molecular complexity index is 688. The highest BCUT2D eigenvalue weighted by atomic mass is 16.1. The SMILES string of the molecule is Cc1ccn2c(=O)cc(CN(C)C3CCNCC3)nc2c1. The van der Waals surface area contributed by atoms with Gasteiger partial charge in [0, 0.05) is 24.8 Å². The molecule has 0 aliphatic carbocycles. The maximum absolute atomic E-state index is 12.2. The predicted octanol–water partition coefficient (Wildman–Crippen LogP) is 1.19. The zero-order chi connectivity index (χ0) is 14.8. The standard InChI is InChI=1S/C16H22N4O/c1-12-5-8-20-15(9-12)18-13(10-16(20)21)11-19(2)14-3-6-17-7-4-14/h5,8-10,14,17H,3-4,6-7,11H2,1-2H3. The highest BCUT2D eigenvalue weighted by Gasteiger charge is 2.18. The molecule has 21 heavy (non-hydrogen) atoms. The number of hydrogen-bond donors (Lipinski definition) is 1. The number of hydrogen-bond acceptors (Lipinski definition) is 4. The summed E-state index contributed by atoms with van der Waals surface area (Å²) >= 11 is 0. The lowest BCUT2D eigenvalue weighted by Gasteiger charge is -2.31. The number of aryl methyl sites for hydroxylation is 1. The molecule has 0 bridgehead atoms. The summed E-state index contributed by atoms with van der Waals surface area (Å²) < 4.78 is 1.60. The van der Waals surface area contributed by atoms with Crippen molar-refractivity contribution >= 4 is 5.65 Å². The average Bonchev–Trinajstić information content (AvgIpc) is 2.47. The topological polar surface area (TPSA) is 49.6 Å². The molecule has 1 N–H and O–H groups in total. The molecule has 3 heterocycles. The van der Waals surface area contributed by atoms with Crippen molar-refractivity contribution in [3.05, 3.63) is 46.0 Å². The first-order valence-corrected chi connectivity index (χ1v) is 7.53. The van der Waals surface area contributed by atoms with Crippen LogP contribution in [0.2, 0.25) is 0 Å². The smallest absolute Gasteiger partial charge is 0.258 e. The minimum atomic E-state index is -0.00582. The van der Waals surface area contributed by atoms with Gasteiger partial charge < -0.3 is 5.32 Å². The van der Waals surface area contributed by atoms with E-state index >= 15 is 0 Å². The van der Waals surface area contributed by atoms with E-state index in [4.69, 9.17) is 0 Å². The van der Waals surface area contributed by atoms with Crippen molar-refractivity contribution in [2.45, 2.75) is 32.4 Å². The third kappa shape index (κ3) is 3.14. The van der Waals surface area contributed by atoms with Gasteiger partial charge in [-0.3, -0.25) is 14.1 Å². The van der Waals surface area contributed by atoms with E-state index in [-0.39, 0.29) is 5.56 Å². The maximum Gasteiger partial charge on any atom is 0.258 e. The third-order valence-corrected chi connectivity index (χ3v) is 4.22. The van der Waals surface area contributed by atoms with Crippen LogP contribution in [0.4, 0.5) is 0 Å². The molecule has 0 unspecified atom stereocenters. The Morgan fingerprint density at radius 1 is 1.38 bits per heavy atom. The molecule has 5 heteroatoms. The molecule has 0 amide bonds. The molecule has 0 saturated carbocycles. The largest absolute Gasteiger partial charge is 0.317 e. The van der Waals surface area contributed by atoms with E-state index in [1.807, 2.05) is 19.1 Å². The molecule has 1 aliphatic rings. The van der Waals surface area contributed by atoms with E-state index < -0.39 is 0 Å². The number of nitrogens with zero attached hydrogens (tertiary/aromatic N) is 3. The molecular weight excluding hydrogens is 264 g/mol. The van der Waals surface area contributed by atoms with Crippen LogP contribution in [0.25, 0.3) is 5.65 Å². The van der Waals surface area contributed by atoms with Gasteiger partial charge in [-0.15, -0.1) is 0 Å². The average molecular weight is 286 g/mol. The van der Waals surface area contributed by atoms with Crippen molar-refractivity contribution < 1.29 is 0 Å².